The Labute approximate surface area is 115 Å². The Morgan fingerprint density at radius 3 is 2.63 bits per heavy atom. The molecular weight excluding hydrogens is 240 g/mol. The Morgan fingerprint density at radius 2 is 2.05 bits per heavy atom. The van der Waals surface area contributed by atoms with Crippen LogP contribution >= 0.6 is 0 Å². The van der Waals surface area contributed by atoms with E-state index in [0.717, 1.165) is 13.0 Å². The van der Waals surface area contributed by atoms with Crippen LogP contribution in [-0.2, 0) is 0 Å². The number of hydrogen-bond acceptors (Lipinski definition) is 3. The Balaban J connectivity index is 2.86. The van der Waals surface area contributed by atoms with Crippen LogP contribution in [0.2, 0.25) is 0 Å². The van der Waals surface area contributed by atoms with Crippen molar-refractivity contribution in [3.05, 3.63) is 23.8 Å². The third-order valence-corrected chi connectivity index (χ3v) is 3.12. The maximum atomic E-state index is 12.3. The largest absolute Gasteiger partial charge is 0.494 e. The maximum absolute atomic E-state index is 12.3. The van der Waals surface area contributed by atoms with E-state index in [1.165, 1.54) is 0 Å². The molecule has 1 amide bonds. The normalized spacial score (nSPS) is 12.0. The van der Waals surface area contributed by atoms with Crippen LogP contribution in [-0.4, -0.2) is 31.0 Å². The number of carbonyl (C=O) groups excluding carboxylic acids is 1. The maximum Gasteiger partial charge on any atom is 0.253 e. The molecule has 1 atom stereocenters. The van der Waals surface area contributed by atoms with Crippen LogP contribution in [0.1, 0.15) is 37.6 Å². The van der Waals surface area contributed by atoms with E-state index in [1.807, 2.05) is 14.0 Å². The van der Waals surface area contributed by atoms with Gasteiger partial charge in [0, 0.05) is 30.9 Å². The summed E-state index contributed by atoms with van der Waals surface area (Å²) in [5, 5.41) is 0. The summed E-state index contributed by atoms with van der Waals surface area (Å²) < 4.78 is 5.41. The molecule has 0 saturated carbocycles. The molecule has 19 heavy (non-hydrogen) atoms. The average molecular weight is 264 g/mol. The first-order valence-corrected chi connectivity index (χ1v) is 6.76. The molecule has 2 N–H and O–H groups in total. The van der Waals surface area contributed by atoms with E-state index < -0.39 is 0 Å². The van der Waals surface area contributed by atoms with Gasteiger partial charge in [0.2, 0.25) is 0 Å². The zero-order chi connectivity index (χ0) is 14.4. The molecule has 0 heterocycles. The molecule has 0 aliphatic carbocycles. The lowest BCUT2D eigenvalue weighted by Crippen LogP contribution is -2.30. The van der Waals surface area contributed by atoms with Crippen LogP contribution in [0, 0.1) is 5.92 Å². The number of carbonyl (C=O) groups is 1. The predicted molar refractivity (Wildman–Crippen MR) is 78.4 cm³/mol. The molecule has 4 heteroatoms. The Hall–Kier alpha value is -1.71. The summed E-state index contributed by atoms with van der Waals surface area (Å²) in [6, 6.07) is 5.17. The lowest BCUT2D eigenvalue weighted by molar-refractivity contribution is 0.0774. The summed E-state index contributed by atoms with van der Waals surface area (Å²) >= 11 is 0. The van der Waals surface area contributed by atoms with Gasteiger partial charge in [-0.05, 0) is 25.0 Å². The van der Waals surface area contributed by atoms with Crippen molar-refractivity contribution in [2.45, 2.75) is 27.2 Å². The van der Waals surface area contributed by atoms with Crippen molar-refractivity contribution in [1.29, 1.82) is 0 Å². The first-order chi connectivity index (χ1) is 8.97. The number of benzene rings is 1. The number of nitrogens with zero attached hydrogens (tertiary/aromatic N) is 1. The molecule has 0 fully saturated rings. The molecular formula is C15H24N2O2. The number of anilines is 1. The standard InChI is InChI=1S/C15H24N2O2/c1-5-11(3)10-17(4)15(18)12-7-13(16)9-14(8-12)19-6-2/h7-9,11H,5-6,10,16H2,1-4H3. The first-order valence-electron chi connectivity index (χ1n) is 6.76. The minimum atomic E-state index is -0.0199. The van der Waals surface area contributed by atoms with E-state index in [0.29, 0.717) is 29.5 Å². The van der Waals surface area contributed by atoms with Gasteiger partial charge < -0.3 is 15.4 Å². The molecule has 1 rings (SSSR count). The molecule has 4 nitrogen and oxygen atoms in total. The van der Waals surface area contributed by atoms with E-state index in [9.17, 15) is 4.79 Å². The van der Waals surface area contributed by atoms with E-state index in [2.05, 4.69) is 13.8 Å². The number of rotatable bonds is 6. The summed E-state index contributed by atoms with van der Waals surface area (Å²) in [5.41, 5.74) is 6.93. The topological polar surface area (TPSA) is 55.6 Å². The van der Waals surface area contributed by atoms with Crippen molar-refractivity contribution in [2.24, 2.45) is 5.92 Å². The number of amides is 1. The molecule has 1 unspecified atom stereocenters. The number of hydrogen-bond donors (Lipinski definition) is 1. The van der Waals surface area contributed by atoms with Gasteiger partial charge in [0.05, 0.1) is 6.61 Å². The van der Waals surface area contributed by atoms with Gasteiger partial charge in [-0.15, -0.1) is 0 Å². The summed E-state index contributed by atoms with van der Waals surface area (Å²) in [5.74, 6) is 1.11. The number of nitrogen functional groups attached to an aromatic ring is 1. The van der Waals surface area contributed by atoms with E-state index in [-0.39, 0.29) is 5.91 Å². The monoisotopic (exact) mass is 264 g/mol. The second-order valence-electron chi connectivity index (χ2n) is 4.92. The van der Waals surface area contributed by atoms with Crippen molar-refractivity contribution in [1.82, 2.24) is 4.90 Å². The summed E-state index contributed by atoms with van der Waals surface area (Å²) in [7, 11) is 1.82. The minimum Gasteiger partial charge on any atom is -0.494 e. The van der Waals surface area contributed by atoms with Crippen LogP contribution in [0.5, 0.6) is 5.75 Å². The summed E-state index contributed by atoms with van der Waals surface area (Å²) in [6.07, 6.45) is 1.05. The van der Waals surface area contributed by atoms with Gasteiger partial charge in [0.1, 0.15) is 5.75 Å². The van der Waals surface area contributed by atoms with Crippen molar-refractivity contribution < 1.29 is 9.53 Å². The molecule has 0 radical (unpaired) electrons. The molecule has 0 saturated heterocycles. The molecule has 106 valence electrons. The van der Waals surface area contributed by atoms with Crippen molar-refractivity contribution in [3.8, 4) is 5.75 Å². The quantitative estimate of drug-likeness (QED) is 0.804. The zero-order valence-electron chi connectivity index (χ0n) is 12.3. The molecule has 0 bridgehead atoms. The van der Waals surface area contributed by atoms with Crippen molar-refractivity contribution in [2.75, 3.05) is 25.9 Å². The minimum absolute atomic E-state index is 0.0199. The lowest BCUT2D eigenvalue weighted by Gasteiger charge is -2.21. The van der Waals surface area contributed by atoms with Crippen LogP contribution in [0.25, 0.3) is 0 Å². The van der Waals surface area contributed by atoms with Gasteiger partial charge in [0.25, 0.3) is 5.91 Å². The second kappa shape index (κ2) is 7.02. The lowest BCUT2D eigenvalue weighted by atomic mass is 10.1. The highest BCUT2D eigenvalue weighted by atomic mass is 16.5. The molecule has 1 aromatic carbocycles. The fourth-order valence-electron chi connectivity index (χ4n) is 1.90. The fourth-order valence-corrected chi connectivity index (χ4v) is 1.90. The van der Waals surface area contributed by atoms with E-state index in [4.69, 9.17) is 10.5 Å². The summed E-state index contributed by atoms with van der Waals surface area (Å²) in [4.78, 5) is 14.1. The molecule has 0 spiro atoms. The summed E-state index contributed by atoms with van der Waals surface area (Å²) in [6.45, 7) is 7.46. The van der Waals surface area contributed by atoms with Crippen molar-refractivity contribution in [3.63, 3.8) is 0 Å². The van der Waals surface area contributed by atoms with Crippen LogP contribution < -0.4 is 10.5 Å². The van der Waals surface area contributed by atoms with Gasteiger partial charge in [-0.3, -0.25) is 4.79 Å². The highest BCUT2D eigenvalue weighted by Crippen LogP contribution is 2.20. The Bertz CT molecular complexity index is 432. The molecule has 1 aromatic rings. The zero-order valence-corrected chi connectivity index (χ0v) is 12.3. The third-order valence-electron chi connectivity index (χ3n) is 3.12. The predicted octanol–water partition coefficient (Wildman–Crippen LogP) is 2.79. The van der Waals surface area contributed by atoms with Gasteiger partial charge in [-0.1, -0.05) is 20.3 Å². The van der Waals surface area contributed by atoms with E-state index in [1.54, 1.807) is 23.1 Å². The first kappa shape index (κ1) is 15.3. The second-order valence-corrected chi connectivity index (χ2v) is 4.92. The fraction of sp³-hybridized carbons (Fsp3) is 0.533. The molecule has 0 aliphatic heterocycles. The van der Waals surface area contributed by atoms with Crippen LogP contribution in [0.3, 0.4) is 0 Å². The smallest absolute Gasteiger partial charge is 0.253 e. The van der Waals surface area contributed by atoms with Crippen LogP contribution in [0.15, 0.2) is 18.2 Å². The molecule has 0 aliphatic rings. The Kier molecular flexibility index (Phi) is 5.67. The third kappa shape index (κ3) is 4.47. The van der Waals surface area contributed by atoms with E-state index >= 15 is 0 Å². The Morgan fingerprint density at radius 1 is 1.37 bits per heavy atom. The molecule has 0 aromatic heterocycles. The SMILES string of the molecule is CCOc1cc(N)cc(C(=O)N(C)CC(C)CC)c1. The average Bonchev–Trinajstić information content (AvgIpc) is 2.37. The highest BCUT2D eigenvalue weighted by molar-refractivity contribution is 5.95. The number of nitrogens with two attached hydrogens (primary N) is 1. The van der Waals surface area contributed by atoms with Crippen LogP contribution in [0.4, 0.5) is 5.69 Å². The van der Waals surface area contributed by atoms with Crippen molar-refractivity contribution >= 4 is 11.6 Å². The van der Waals surface area contributed by atoms with Gasteiger partial charge in [0.15, 0.2) is 0 Å². The van der Waals surface area contributed by atoms with Gasteiger partial charge in [-0.25, -0.2) is 0 Å². The van der Waals surface area contributed by atoms with Gasteiger partial charge in [-0.2, -0.15) is 0 Å². The van der Waals surface area contributed by atoms with Gasteiger partial charge >= 0.3 is 0 Å². The highest BCUT2D eigenvalue weighted by Gasteiger charge is 2.15. The number of ether oxygens (including phenoxy) is 1.